The van der Waals surface area contributed by atoms with Crippen molar-refractivity contribution in [2.75, 3.05) is 0 Å². The molecule has 0 nitrogen and oxygen atoms in total. The van der Waals surface area contributed by atoms with Crippen LogP contribution in [0, 0.1) is 5.92 Å². The molecule has 2 bridgehead atoms. The predicted octanol–water partition coefficient (Wildman–Crippen LogP) is 3.85. The molecule has 76 valence electrons. The van der Waals surface area contributed by atoms with Crippen LogP contribution in [0.25, 0.3) is 0 Å². The lowest BCUT2D eigenvalue weighted by atomic mass is 9.81. The second kappa shape index (κ2) is 3.24. The first-order valence-corrected chi connectivity index (χ1v) is 5.80. The highest BCUT2D eigenvalue weighted by molar-refractivity contribution is 6.22. The highest BCUT2D eigenvalue weighted by Gasteiger charge is 2.42. The molecule has 2 aliphatic carbocycles. The number of hydrogen-bond donors (Lipinski definition) is 0. The van der Waals surface area contributed by atoms with Gasteiger partial charge in [-0.3, -0.25) is 0 Å². The molecule has 1 aromatic carbocycles. The van der Waals surface area contributed by atoms with Crippen molar-refractivity contribution < 1.29 is 0 Å². The van der Waals surface area contributed by atoms with Gasteiger partial charge in [0.15, 0.2) is 0 Å². The SMILES string of the molecule is C=CC1C2C=C[C@@H](Cl)C1c1ccccc12. The van der Waals surface area contributed by atoms with Crippen molar-refractivity contribution in [3.05, 3.63) is 60.2 Å². The van der Waals surface area contributed by atoms with Crippen molar-refractivity contribution >= 4 is 11.6 Å². The van der Waals surface area contributed by atoms with Crippen molar-refractivity contribution in [2.24, 2.45) is 5.92 Å². The van der Waals surface area contributed by atoms with E-state index >= 15 is 0 Å². The van der Waals surface area contributed by atoms with Crippen LogP contribution in [-0.2, 0) is 0 Å². The molecule has 0 aliphatic heterocycles. The summed E-state index contributed by atoms with van der Waals surface area (Å²) in [6, 6.07) is 8.63. The van der Waals surface area contributed by atoms with Crippen molar-refractivity contribution in [1.82, 2.24) is 0 Å². The van der Waals surface area contributed by atoms with Crippen LogP contribution in [-0.4, -0.2) is 5.38 Å². The van der Waals surface area contributed by atoms with Crippen molar-refractivity contribution in [2.45, 2.75) is 17.2 Å². The lowest BCUT2D eigenvalue weighted by Gasteiger charge is -2.27. The van der Waals surface area contributed by atoms with E-state index < -0.39 is 0 Å². The molecule has 1 heteroatoms. The third-order valence-electron chi connectivity index (χ3n) is 3.66. The van der Waals surface area contributed by atoms with Gasteiger partial charge in [-0.05, 0) is 17.0 Å². The first-order valence-electron chi connectivity index (χ1n) is 5.36. The first kappa shape index (κ1) is 9.23. The van der Waals surface area contributed by atoms with E-state index in [1.54, 1.807) is 0 Å². The molecule has 0 aromatic heterocycles. The molecule has 0 spiro atoms. The minimum absolute atomic E-state index is 0.118. The number of halogens is 1. The second-order valence-electron chi connectivity index (χ2n) is 4.32. The van der Waals surface area contributed by atoms with Crippen LogP contribution in [0.1, 0.15) is 23.0 Å². The Hall–Kier alpha value is -1.01. The Kier molecular flexibility index (Phi) is 2.00. The molecular weight excluding hydrogens is 204 g/mol. The first-order chi connectivity index (χ1) is 7.33. The van der Waals surface area contributed by atoms with E-state index in [4.69, 9.17) is 11.6 Å². The maximum Gasteiger partial charge on any atom is 0.0590 e. The largest absolute Gasteiger partial charge is 0.118 e. The quantitative estimate of drug-likeness (QED) is 0.494. The lowest BCUT2D eigenvalue weighted by Crippen LogP contribution is -2.20. The van der Waals surface area contributed by atoms with Crippen molar-refractivity contribution in [3.63, 3.8) is 0 Å². The Balaban J connectivity index is 2.21. The molecule has 0 amide bonds. The van der Waals surface area contributed by atoms with Crippen molar-refractivity contribution in [3.8, 4) is 0 Å². The average molecular weight is 217 g/mol. The third-order valence-corrected chi connectivity index (χ3v) is 4.08. The summed E-state index contributed by atoms with van der Waals surface area (Å²) in [6.45, 7) is 3.95. The Morgan fingerprint density at radius 1 is 1.13 bits per heavy atom. The van der Waals surface area contributed by atoms with Gasteiger partial charge in [0.2, 0.25) is 0 Å². The number of fused-ring (bicyclic) bond motifs is 5. The van der Waals surface area contributed by atoms with Crippen LogP contribution in [0.15, 0.2) is 49.1 Å². The molecular formula is C14H13Cl. The minimum atomic E-state index is 0.118. The van der Waals surface area contributed by atoms with Gasteiger partial charge in [0.05, 0.1) is 5.38 Å². The van der Waals surface area contributed by atoms with Crippen LogP contribution in [0.3, 0.4) is 0 Å². The maximum absolute atomic E-state index is 6.38. The molecule has 0 heterocycles. The van der Waals surface area contributed by atoms with E-state index in [1.165, 1.54) is 11.1 Å². The zero-order valence-electron chi connectivity index (χ0n) is 8.44. The molecule has 0 radical (unpaired) electrons. The summed E-state index contributed by atoms with van der Waals surface area (Å²) < 4.78 is 0. The molecule has 2 aliphatic rings. The molecule has 1 aromatic rings. The van der Waals surface area contributed by atoms with Crippen LogP contribution in [0.5, 0.6) is 0 Å². The fourth-order valence-electron chi connectivity index (χ4n) is 3.01. The second-order valence-corrected chi connectivity index (χ2v) is 4.83. The van der Waals surface area contributed by atoms with Gasteiger partial charge in [0.1, 0.15) is 0 Å². The van der Waals surface area contributed by atoms with Crippen molar-refractivity contribution in [1.29, 1.82) is 0 Å². The summed E-state index contributed by atoms with van der Waals surface area (Å²) in [4.78, 5) is 0. The standard InChI is InChI=1S/C14H13Cl/c1-2-9-11-7-8-13(15)14(9)12-6-4-3-5-10(11)12/h2-9,11,13-14H,1H2/t9?,11?,13-,14?/m1/s1. The number of hydrogen-bond acceptors (Lipinski definition) is 0. The monoisotopic (exact) mass is 216 g/mol. The van der Waals surface area contributed by atoms with Gasteiger partial charge in [-0.1, -0.05) is 42.5 Å². The van der Waals surface area contributed by atoms with Gasteiger partial charge in [-0.25, -0.2) is 0 Å². The third kappa shape index (κ3) is 1.15. The number of rotatable bonds is 1. The van der Waals surface area contributed by atoms with Gasteiger partial charge < -0.3 is 0 Å². The lowest BCUT2D eigenvalue weighted by molar-refractivity contribution is 0.503. The molecule has 3 unspecified atom stereocenters. The smallest absolute Gasteiger partial charge is 0.0590 e. The zero-order valence-corrected chi connectivity index (χ0v) is 9.19. The number of benzene rings is 1. The van der Waals surface area contributed by atoms with Crippen LogP contribution >= 0.6 is 11.6 Å². The van der Waals surface area contributed by atoms with Gasteiger partial charge in [-0.15, -0.1) is 18.2 Å². The molecule has 3 rings (SSSR count). The summed E-state index contributed by atoms with van der Waals surface area (Å²) in [5.74, 6) is 1.41. The Morgan fingerprint density at radius 2 is 1.87 bits per heavy atom. The number of allylic oxidation sites excluding steroid dienone is 3. The molecule has 0 saturated heterocycles. The topological polar surface area (TPSA) is 0 Å². The maximum atomic E-state index is 6.38. The van der Waals surface area contributed by atoms with E-state index in [0.29, 0.717) is 17.8 Å². The van der Waals surface area contributed by atoms with Gasteiger partial charge >= 0.3 is 0 Å². The van der Waals surface area contributed by atoms with E-state index in [1.807, 2.05) is 0 Å². The van der Waals surface area contributed by atoms with E-state index in [-0.39, 0.29) is 5.38 Å². The minimum Gasteiger partial charge on any atom is -0.118 e. The van der Waals surface area contributed by atoms with Crippen LogP contribution in [0.4, 0.5) is 0 Å². The fourth-order valence-corrected chi connectivity index (χ4v) is 3.40. The van der Waals surface area contributed by atoms with E-state index in [2.05, 4.69) is 49.1 Å². The van der Waals surface area contributed by atoms with E-state index in [9.17, 15) is 0 Å². The van der Waals surface area contributed by atoms with Gasteiger partial charge in [0.25, 0.3) is 0 Å². The van der Waals surface area contributed by atoms with Gasteiger partial charge in [0, 0.05) is 11.8 Å². The zero-order chi connectivity index (χ0) is 10.4. The van der Waals surface area contributed by atoms with Crippen LogP contribution in [0.2, 0.25) is 0 Å². The molecule has 0 N–H and O–H groups in total. The summed E-state index contributed by atoms with van der Waals surface area (Å²) in [7, 11) is 0. The predicted molar refractivity (Wildman–Crippen MR) is 64.4 cm³/mol. The summed E-state index contributed by atoms with van der Waals surface area (Å²) in [5.41, 5.74) is 2.85. The molecule has 0 fully saturated rings. The summed E-state index contributed by atoms with van der Waals surface area (Å²) in [5, 5.41) is 0.118. The summed E-state index contributed by atoms with van der Waals surface area (Å²) >= 11 is 6.38. The van der Waals surface area contributed by atoms with Crippen LogP contribution < -0.4 is 0 Å². The molecule has 0 saturated carbocycles. The van der Waals surface area contributed by atoms with E-state index in [0.717, 1.165) is 0 Å². The normalized spacial score (nSPS) is 36.3. The Bertz CT molecular complexity index is 433. The number of alkyl halides is 1. The Labute approximate surface area is 95.3 Å². The highest BCUT2D eigenvalue weighted by atomic mass is 35.5. The Morgan fingerprint density at radius 3 is 2.60 bits per heavy atom. The average Bonchev–Trinajstić information content (AvgIpc) is 2.52. The highest BCUT2D eigenvalue weighted by Crippen LogP contribution is 2.53. The molecule has 15 heavy (non-hydrogen) atoms. The molecule has 4 atom stereocenters. The van der Waals surface area contributed by atoms with Gasteiger partial charge in [-0.2, -0.15) is 0 Å². The summed E-state index contributed by atoms with van der Waals surface area (Å²) in [6.07, 6.45) is 6.44. The fraction of sp³-hybridized carbons (Fsp3) is 0.286.